The van der Waals surface area contributed by atoms with Crippen molar-refractivity contribution in [1.82, 2.24) is 4.90 Å². The Morgan fingerprint density at radius 1 is 1.23 bits per heavy atom. The maximum absolute atomic E-state index is 10.00. The third kappa shape index (κ3) is 2.00. The van der Waals surface area contributed by atoms with Crippen molar-refractivity contribution in [1.29, 1.82) is 0 Å². The summed E-state index contributed by atoms with van der Waals surface area (Å²) in [6.45, 7) is 1.87. The lowest BCUT2D eigenvalue weighted by Crippen LogP contribution is -2.38. The number of thiophene rings is 1. The van der Waals surface area contributed by atoms with Crippen LogP contribution in [-0.2, 0) is 19.4 Å². The molecule has 0 radical (unpaired) electrons. The van der Waals surface area contributed by atoms with Gasteiger partial charge in [0.05, 0.1) is 14.2 Å². The van der Waals surface area contributed by atoms with Gasteiger partial charge in [0.1, 0.15) is 0 Å². The normalized spacial score (nSPS) is 20.0. The van der Waals surface area contributed by atoms with Crippen molar-refractivity contribution in [3.63, 3.8) is 0 Å². The smallest absolute Gasteiger partial charge is 0.173 e. The van der Waals surface area contributed by atoms with Crippen molar-refractivity contribution in [2.75, 3.05) is 20.8 Å². The Hall–Kier alpha value is -1.72. The lowest BCUT2D eigenvalue weighted by Gasteiger charge is -2.40. The second-order valence-electron chi connectivity index (χ2n) is 5.86. The lowest BCUT2D eigenvalue weighted by atomic mass is 9.88. The Labute approximate surface area is 133 Å². The number of phenols is 1. The van der Waals surface area contributed by atoms with E-state index in [9.17, 15) is 5.11 Å². The number of benzene rings is 1. The molecular formula is C17H19NO3S. The quantitative estimate of drug-likeness (QED) is 0.924. The summed E-state index contributed by atoms with van der Waals surface area (Å²) in [7, 11) is 3.36. The predicted molar refractivity (Wildman–Crippen MR) is 86.1 cm³/mol. The summed E-state index contributed by atoms with van der Waals surface area (Å²) < 4.78 is 10.8. The average Bonchev–Trinajstić information content (AvgIpc) is 2.97. The van der Waals surface area contributed by atoms with Gasteiger partial charge < -0.3 is 14.6 Å². The minimum Gasteiger partial charge on any atom is -0.504 e. The van der Waals surface area contributed by atoms with Crippen LogP contribution in [0.3, 0.4) is 0 Å². The highest BCUT2D eigenvalue weighted by molar-refractivity contribution is 7.14. The monoisotopic (exact) mass is 317 g/mol. The van der Waals surface area contributed by atoms with E-state index in [0.29, 0.717) is 11.8 Å². The molecule has 3 heterocycles. The summed E-state index contributed by atoms with van der Waals surface area (Å²) in [5.74, 6) is 0.862. The number of ether oxygens (including phenoxy) is 2. The molecule has 0 saturated heterocycles. The number of aromatic hydroxyl groups is 1. The molecule has 5 heteroatoms. The second kappa shape index (κ2) is 5.18. The molecule has 1 aromatic heterocycles. The molecule has 1 aromatic carbocycles. The fourth-order valence-electron chi connectivity index (χ4n) is 3.65. The van der Waals surface area contributed by atoms with Gasteiger partial charge in [-0.2, -0.15) is 0 Å². The summed E-state index contributed by atoms with van der Waals surface area (Å²) >= 11 is 1.76. The van der Waals surface area contributed by atoms with Gasteiger partial charge in [0.2, 0.25) is 0 Å². The molecule has 0 amide bonds. The van der Waals surface area contributed by atoms with Gasteiger partial charge in [0.15, 0.2) is 16.6 Å². The van der Waals surface area contributed by atoms with E-state index in [0.717, 1.165) is 36.6 Å². The van der Waals surface area contributed by atoms with Crippen LogP contribution in [0, 0.1) is 0 Å². The van der Waals surface area contributed by atoms with Crippen LogP contribution < -0.4 is 9.47 Å². The fourth-order valence-corrected chi connectivity index (χ4v) is 4.81. The van der Waals surface area contributed by atoms with Crippen molar-refractivity contribution >= 4 is 11.3 Å². The molecule has 116 valence electrons. The number of rotatable bonds is 2. The van der Waals surface area contributed by atoms with Crippen LogP contribution in [0.15, 0.2) is 18.2 Å². The number of hydrogen-bond acceptors (Lipinski definition) is 5. The summed E-state index contributed by atoms with van der Waals surface area (Å²) in [5, 5.41) is 11.0. The first-order valence-corrected chi connectivity index (χ1v) is 8.31. The highest BCUT2D eigenvalue weighted by atomic mass is 32.1. The average molecular weight is 317 g/mol. The number of hydrogen-bond donors (Lipinski definition) is 1. The van der Waals surface area contributed by atoms with E-state index < -0.39 is 0 Å². The highest BCUT2D eigenvalue weighted by Crippen LogP contribution is 2.46. The minimum absolute atomic E-state index is 0.232. The molecule has 0 unspecified atom stereocenters. The van der Waals surface area contributed by atoms with Crippen LogP contribution in [0.4, 0.5) is 0 Å². The molecular weight excluding hydrogens is 298 g/mol. The number of phenolic OH excluding ortho intramolecular Hbond substituents is 1. The molecule has 2 aliphatic heterocycles. The van der Waals surface area contributed by atoms with Crippen LogP contribution >= 0.6 is 11.3 Å². The van der Waals surface area contributed by atoms with E-state index in [2.05, 4.69) is 11.0 Å². The zero-order valence-corrected chi connectivity index (χ0v) is 13.6. The predicted octanol–water partition coefficient (Wildman–Crippen LogP) is 3.13. The molecule has 0 saturated carbocycles. The van der Waals surface area contributed by atoms with Crippen molar-refractivity contribution in [3.05, 3.63) is 39.8 Å². The van der Waals surface area contributed by atoms with Crippen molar-refractivity contribution in [2.45, 2.75) is 25.4 Å². The van der Waals surface area contributed by atoms with E-state index >= 15 is 0 Å². The van der Waals surface area contributed by atoms with Gasteiger partial charge in [-0.1, -0.05) is 6.07 Å². The molecule has 0 fully saturated rings. The Bertz CT molecular complexity index is 725. The van der Waals surface area contributed by atoms with Crippen molar-refractivity contribution in [3.8, 4) is 16.6 Å². The summed E-state index contributed by atoms with van der Waals surface area (Å²) in [5.41, 5.74) is 3.83. The van der Waals surface area contributed by atoms with Gasteiger partial charge in [-0.25, -0.2) is 0 Å². The molecule has 1 N–H and O–H groups in total. The first kappa shape index (κ1) is 13.9. The van der Waals surface area contributed by atoms with Crippen LogP contribution in [0.25, 0.3) is 0 Å². The third-order valence-corrected chi connectivity index (χ3v) is 5.99. The Kier molecular flexibility index (Phi) is 3.27. The van der Waals surface area contributed by atoms with Crippen LogP contribution in [0.5, 0.6) is 16.6 Å². The summed E-state index contributed by atoms with van der Waals surface area (Å²) in [4.78, 5) is 3.92. The van der Waals surface area contributed by atoms with Crippen LogP contribution in [0.2, 0.25) is 0 Å². The zero-order chi connectivity index (χ0) is 15.3. The highest BCUT2D eigenvalue weighted by Gasteiger charge is 2.35. The first-order valence-electron chi connectivity index (χ1n) is 7.49. The Balaban J connectivity index is 1.76. The van der Waals surface area contributed by atoms with Crippen molar-refractivity contribution in [2.24, 2.45) is 0 Å². The minimum atomic E-state index is 0.232. The summed E-state index contributed by atoms with van der Waals surface area (Å²) in [6.07, 6.45) is 2.02. The topological polar surface area (TPSA) is 41.9 Å². The molecule has 0 bridgehead atoms. The standard InChI is InChI=1S/C17H19NO3S/c1-20-15-8-11-5-6-18-9-12-10(7-13(18)17(11)22-15)3-4-14(19)16(12)21-2/h3-4,8,13,19H,5-7,9H2,1-2H3/t13-/m0/s1. The van der Waals surface area contributed by atoms with Gasteiger partial charge in [-0.05, 0) is 36.1 Å². The third-order valence-electron chi connectivity index (χ3n) is 4.75. The molecule has 1 atom stereocenters. The second-order valence-corrected chi connectivity index (χ2v) is 6.90. The number of nitrogens with zero attached hydrogens (tertiary/aromatic N) is 1. The number of methoxy groups -OCH3 is 2. The van der Waals surface area contributed by atoms with E-state index in [1.807, 2.05) is 6.07 Å². The molecule has 0 spiro atoms. The SMILES string of the molecule is COc1cc2c(s1)[C@@H]1Cc3ccc(O)c(OC)c3CN1CC2. The fraction of sp³-hybridized carbons (Fsp3) is 0.412. The van der Waals surface area contributed by atoms with Gasteiger partial charge in [0.25, 0.3) is 0 Å². The molecule has 4 nitrogen and oxygen atoms in total. The summed E-state index contributed by atoms with van der Waals surface area (Å²) in [6, 6.07) is 6.37. The maximum Gasteiger partial charge on any atom is 0.173 e. The van der Waals surface area contributed by atoms with Crippen molar-refractivity contribution < 1.29 is 14.6 Å². The van der Waals surface area contributed by atoms with Gasteiger partial charge in [-0.3, -0.25) is 4.90 Å². The molecule has 2 aliphatic rings. The van der Waals surface area contributed by atoms with E-state index in [1.54, 1.807) is 31.6 Å². The van der Waals surface area contributed by atoms with Gasteiger partial charge in [0, 0.05) is 29.6 Å². The number of fused-ring (bicyclic) bond motifs is 4. The van der Waals surface area contributed by atoms with Crippen LogP contribution in [-0.4, -0.2) is 30.8 Å². The van der Waals surface area contributed by atoms with Gasteiger partial charge in [-0.15, -0.1) is 11.3 Å². The van der Waals surface area contributed by atoms with E-state index in [-0.39, 0.29) is 5.75 Å². The zero-order valence-electron chi connectivity index (χ0n) is 12.8. The molecule has 2 aromatic rings. The van der Waals surface area contributed by atoms with E-state index in [4.69, 9.17) is 9.47 Å². The molecule has 0 aliphatic carbocycles. The maximum atomic E-state index is 10.00. The van der Waals surface area contributed by atoms with Gasteiger partial charge >= 0.3 is 0 Å². The lowest BCUT2D eigenvalue weighted by molar-refractivity contribution is 0.161. The first-order chi connectivity index (χ1) is 10.7. The molecule has 22 heavy (non-hydrogen) atoms. The Morgan fingerprint density at radius 2 is 2.09 bits per heavy atom. The Morgan fingerprint density at radius 3 is 2.86 bits per heavy atom. The molecule has 4 rings (SSSR count). The van der Waals surface area contributed by atoms with Crippen LogP contribution in [0.1, 0.15) is 27.6 Å². The van der Waals surface area contributed by atoms with E-state index in [1.165, 1.54) is 16.0 Å². The largest absolute Gasteiger partial charge is 0.504 e.